The molecular formula is C13H19ClFN. The van der Waals surface area contributed by atoms with Crippen LogP contribution in [-0.4, -0.2) is 12.7 Å². The molecule has 1 aliphatic rings. The van der Waals surface area contributed by atoms with Crippen molar-refractivity contribution in [1.29, 1.82) is 0 Å². The van der Waals surface area contributed by atoms with Crippen LogP contribution < -0.4 is 5.32 Å². The van der Waals surface area contributed by atoms with E-state index in [1.54, 1.807) is 0 Å². The van der Waals surface area contributed by atoms with Crippen molar-refractivity contribution in [3.05, 3.63) is 35.4 Å². The Morgan fingerprint density at radius 2 is 2.19 bits per heavy atom. The molecule has 0 amide bonds. The maximum Gasteiger partial charge on any atom is 0.122 e. The van der Waals surface area contributed by atoms with Crippen molar-refractivity contribution < 1.29 is 4.39 Å². The smallest absolute Gasteiger partial charge is 0.122 e. The molecule has 2 unspecified atom stereocenters. The van der Waals surface area contributed by atoms with Gasteiger partial charge in [0.15, 0.2) is 0 Å². The van der Waals surface area contributed by atoms with Gasteiger partial charge in [-0.1, -0.05) is 29.8 Å². The third-order valence-electron chi connectivity index (χ3n) is 3.37. The Morgan fingerprint density at radius 3 is 2.81 bits per heavy atom. The summed E-state index contributed by atoms with van der Waals surface area (Å²) >= 11 is 0. The lowest BCUT2D eigenvalue weighted by Gasteiger charge is -2.38. The maximum absolute atomic E-state index is 14.0. The molecule has 16 heavy (non-hydrogen) atoms. The van der Waals surface area contributed by atoms with Gasteiger partial charge in [0.1, 0.15) is 6.17 Å². The Balaban J connectivity index is 0.00000128. The molecule has 0 bridgehead atoms. The van der Waals surface area contributed by atoms with E-state index >= 15 is 0 Å². The first-order valence-corrected chi connectivity index (χ1v) is 5.59. The van der Waals surface area contributed by atoms with Gasteiger partial charge in [-0.05, 0) is 38.8 Å². The third kappa shape index (κ3) is 2.38. The van der Waals surface area contributed by atoms with Gasteiger partial charge in [0.25, 0.3) is 0 Å². The van der Waals surface area contributed by atoms with Gasteiger partial charge in [0, 0.05) is 0 Å². The second kappa shape index (κ2) is 5.15. The Morgan fingerprint density at radius 1 is 1.44 bits per heavy atom. The van der Waals surface area contributed by atoms with E-state index in [-0.39, 0.29) is 12.4 Å². The topological polar surface area (TPSA) is 12.0 Å². The SMILES string of the molecule is Cc1cccc(C2(C)NCCCC2F)c1.Cl. The van der Waals surface area contributed by atoms with Gasteiger partial charge in [0.2, 0.25) is 0 Å². The van der Waals surface area contributed by atoms with E-state index in [2.05, 4.69) is 11.4 Å². The molecule has 1 aromatic rings. The first-order chi connectivity index (χ1) is 7.13. The summed E-state index contributed by atoms with van der Waals surface area (Å²) in [6, 6.07) is 8.13. The summed E-state index contributed by atoms with van der Waals surface area (Å²) in [5.41, 5.74) is 1.76. The van der Waals surface area contributed by atoms with Crippen LogP contribution in [0.1, 0.15) is 30.9 Å². The zero-order chi connectivity index (χ0) is 10.9. The van der Waals surface area contributed by atoms with Gasteiger partial charge >= 0.3 is 0 Å². The fraction of sp³-hybridized carbons (Fsp3) is 0.538. The van der Waals surface area contributed by atoms with Crippen LogP contribution >= 0.6 is 12.4 Å². The van der Waals surface area contributed by atoms with Gasteiger partial charge < -0.3 is 5.32 Å². The number of benzene rings is 1. The summed E-state index contributed by atoms with van der Waals surface area (Å²) in [7, 11) is 0. The van der Waals surface area contributed by atoms with Gasteiger partial charge in [-0.25, -0.2) is 4.39 Å². The van der Waals surface area contributed by atoms with E-state index in [1.807, 2.05) is 32.0 Å². The Labute approximate surface area is 103 Å². The van der Waals surface area contributed by atoms with Gasteiger partial charge in [-0.15, -0.1) is 12.4 Å². The summed E-state index contributed by atoms with van der Waals surface area (Å²) < 4.78 is 14.0. The third-order valence-corrected chi connectivity index (χ3v) is 3.37. The molecule has 2 atom stereocenters. The van der Waals surface area contributed by atoms with Crippen molar-refractivity contribution in [2.24, 2.45) is 0 Å². The highest BCUT2D eigenvalue weighted by atomic mass is 35.5. The lowest BCUT2D eigenvalue weighted by molar-refractivity contribution is 0.121. The van der Waals surface area contributed by atoms with Crippen molar-refractivity contribution in [1.82, 2.24) is 5.32 Å². The van der Waals surface area contributed by atoms with Gasteiger partial charge in [0.05, 0.1) is 5.54 Å². The predicted molar refractivity (Wildman–Crippen MR) is 67.9 cm³/mol. The quantitative estimate of drug-likeness (QED) is 0.798. The fourth-order valence-electron chi connectivity index (χ4n) is 2.28. The van der Waals surface area contributed by atoms with Crippen LogP contribution in [0.2, 0.25) is 0 Å². The van der Waals surface area contributed by atoms with E-state index in [9.17, 15) is 4.39 Å². The predicted octanol–water partition coefficient (Wildman–Crippen LogP) is 3.35. The molecule has 1 nitrogen and oxygen atoms in total. The largest absolute Gasteiger partial charge is 0.305 e. The summed E-state index contributed by atoms with van der Waals surface area (Å²) in [6.07, 6.45) is 0.813. The van der Waals surface area contributed by atoms with Crippen LogP contribution in [0.3, 0.4) is 0 Å². The Kier molecular flexibility index (Phi) is 4.34. The number of aryl methyl sites for hydroxylation is 1. The second-order valence-corrected chi connectivity index (χ2v) is 4.61. The van der Waals surface area contributed by atoms with Crippen LogP contribution in [-0.2, 0) is 5.54 Å². The minimum Gasteiger partial charge on any atom is -0.305 e. The highest BCUT2D eigenvalue weighted by Crippen LogP contribution is 2.32. The molecule has 1 heterocycles. The van der Waals surface area contributed by atoms with E-state index in [4.69, 9.17) is 0 Å². The van der Waals surface area contributed by atoms with Crippen molar-refractivity contribution in [3.8, 4) is 0 Å². The molecule has 0 spiro atoms. The minimum atomic E-state index is -0.784. The van der Waals surface area contributed by atoms with Crippen molar-refractivity contribution in [2.45, 2.75) is 38.4 Å². The number of halogens is 2. The molecule has 3 heteroatoms. The first-order valence-electron chi connectivity index (χ1n) is 5.59. The molecule has 1 aromatic carbocycles. The van der Waals surface area contributed by atoms with E-state index in [1.165, 1.54) is 5.56 Å². The highest BCUT2D eigenvalue weighted by molar-refractivity contribution is 5.85. The molecular weight excluding hydrogens is 225 g/mol. The normalized spacial score (nSPS) is 29.6. The number of rotatable bonds is 1. The van der Waals surface area contributed by atoms with E-state index < -0.39 is 11.7 Å². The molecule has 2 rings (SSSR count). The van der Waals surface area contributed by atoms with Crippen molar-refractivity contribution in [2.75, 3.05) is 6.54 Å². The molecule has 0 saturated carbocycles. The molecule has 1 saturated heterocycles. The fourth-order valence-corrected chi connectivity index (χ4v) is 2.28. The van der Waals surface area contributed by atoms with E-state index in [0.717, 1.165) is 18.5 Å². The molecule has 0 radical (unpaired) electrons. The van der Waals surface area contributed by atoms with Crippen LogP contribution in [0, 0.1) is 6.92 Å². The lowest BCUT2D eigenvalue weighted by Crippen LogP contribution is -2.51. The first kappa shape index (κ1) is 13.5. The zero-order valence-corrected chi connectivity index (χ0v) is 10.6. The minimum absolute atomic E-state index is 0. The van der Waals surface area contributed by atoms with Gasteiger partial charge in [-0.2, -0.15) is 0 Å². The number of alkyl halides is 1. The number of hydrogen-bond acceptors (Lipinski definition) is 1. The summed E-state index contributed by atoms with van der Waals surface area (Å²) in [4.78, 5) is 0. The maximum atomic E-state index is 14.0. The van der Waals surface area contributed by atoms with Crippen LogP contribution in [0.25, 0.3) is 0 Å². The lowest BCUT2D eigenvalue weighted by atomic mass is 9.82. The van der Waals surface area contributed by atoms with Crippen molar-refractivity contribution >= 4 is 12.4 Å². The standard InChI is InChI=1S/C13H18FN.ClH/c1-10-5-3-6-11(9-10)13(2)12(14)7-4-8-15-13;/h3,5-6,9,12,15H,4,7-8H2,1-2H3;1H. The molecule has 1 N–H and O–H groups in total. The number of nitrogens with one attached hydrogen (secondary N) is 1. The van der Waals surface area contributed by atoms with Crippen LogP contribution in [0.4, 0.5) is 4.39 Å². The van der Waals surface area contributed by atoms with Crippen molar-refractivity contribution in [3.63, 3.8) is 0 Å². The Hall–Kier alpha value is -0.600. The number of piperidine rings is 1. The number of hydrogen-bond donors (Lipinski definition) is 1. The Bertz CT molecular complexity index is 356. The van der Waals surface area contributed by atoms with Crippen LogP contribution in [0.5, 0.6) is 0 Å². The average molecular weight is 244 g/mol. The van der Waals surface area contributed by atoms with Crippen LogP contribution in [0.15, 0.2) is 24.3 Å². The molecule has 1 aliphatic heterocycles. The summed E-state index contributed by atoms with van der Waals surface area (Å²) in [5.74, 6) is 0. The molecule has 0 aromatic heterocycles. The van der Waals surface area contributed by atoms with Gasteiger partial charge in [-0.3, -0.25) is 0 Å². The highest BCUT2D eigenvalue weighted by Gasteiger charge is 2.37. The second-order valence-electron chi connectivity index (χ2n) is 4.61. The summed E-state index contributed by atoms with van der Waals surface area (Å²) in [5, 5.41) is 3.31. The zero-order valence-electron chi connectivity index (χ0n) is 9.79. The molecule has 90 valence electrons. The molecule has 0 aliphatic carbocycles. The monoisotopic (exact) mass is 243 g/mol. The van der Waals surface area contributed by atoms with E-state index in [0.29, 0.717) is 6.42 Å². The summed E-state index contributed by atoms with van der Waals surface area (Å²) in [6.45, 7) is 4.92. The average Bonchev–Trinajstić information content (AvgIpc) is 2.23. The molecule has 1 fully saturated rings.